The molecule has 2 N–H and O–H groups in total. The lowest BCUT2D eigenvalue weighted by molar-refractivity contribution is -0.134. The van der Waals surface area contributed by atoms with Crippen molar-refractivity contribution in [2.45, 2.75) is 64.7 Å². The Balaban J connectivity index is 1.20. The highest BCUT2D eigenvalue weighted by molar-refractivity contribution is 5.76. The average molecular weight is 377 g/mol. The van der Waals surface area contributed by atoms with Gasteiger partial charge in [-0.3, -0.25) is 9.59 Å². The molecular weight excluding hydrogens is 340 g/mol. The third-order valence-electron chi connectivity index (χ3n) is 6.96. The fourth-order valence-corrected chi connectivity index (χ4v) is 4.86. The molecule has 5 nitrogen and oxygen atoms in total. The zero-order valence-corrected chi connectivity index (χ0v) is 16.8. The minimum absolute atomic E-state index is 0.0106. The van der Waals surface area contributed by atoms with E-state index in [2.05, 4.69) is 24.4 Å². The molecule has 3 unspecified atom stereocenters. The third-order valence-corrected chi connectivity index (χ3v) is 6.96. The molecule has 0 aromatic heterocycles. The van der Waals surface area contributed by atoms with E-state index in [1.807, 2.05) is 4.90 Å². The molecule has 3 atom stereocenters. The second-order valence-corrected chi connectivity index (χ2v) is 9.25. The average Bonchev–Trinajstić information content (AvgIpc) is 3.28. The van der Waals surface area contributed by atoms with Crippen LogP contribution in [0.3, 0.4) is 0 Å². The highest BCUT2D eigenvalue weighted by atomic mass is 16.3. The highest BCUT2D eigenvalue weighted by Gasteiger charge is 2.36. The summed E-state index contributed by atoms with van der Waals surface area (Å²) in [5, 5.41) is 12.5. The van der Waals surface area contributed by atoms with Gasteiger partial charge in [-0.15, -0.1) is 0 Å². The van der Waals surface area contributed by atoms with Crippen LogP contribution in [-0.2, 0) is 9.59 Å². The van der Waals surface area contributed by atoms with Gasteiger partial charge in [0.2, 0.25) is 11.8 Å². The number of fused-ring (bicyclic) bond motifs is 2. The van der Waals surface area contributed by atoms with Crippen LogP contribution in [0.1, 0.15) is 64.7 Å². The maximum Gasteiger partial charge on any atom is 0.222 e. The van der Waals surface area contributed by atoms with Gasteiger partial charge in [0.1, 0.15) is 0 Å². The Morgan fingerprint density at radius 2 is 1.93 bits per heavy atom. The van der Waals surface area contributed by atoms with Crippen LogP contribution in [-0.4, -0.2) is 48.1 Å². The van der Waals surface area contributed by atoms with Gasteiger partial charge in [-0.2, -0.15) is 0 Å². The van der Waals surface area contributed by atoms with Crippen molar-refractivity contribution < 1.29 is 14.7 Å². The number of unbranched alkanes of at least 4 members (excludes halogenated alkanes) is 2. The summed E-state index contributed by atoms with van der Waals surface area (Å²) in [7, 11) is 0. The van der Waals surface area contributed by atoms with Crippen molar-refractivity contribution in [3.8, 4) is 0 Å². The molecule has 3 rings (SSSR count). The summed E-state index contributed by atoms with van der Waals surface area (Å²) in [5.41, 5.74) is -0.0106. The first-order chi connectivity index (χ1) is 13.0. The largest absolute Gasteiger partial charge is 0.396 e. The molecule has 0 spiro atoms. The number of aliphatic hydroxyl groups excluding tert-OH is 1. The van der Waals surface area contributed by atoms with E-state index < -0.39 is 0 Å². The number of aliphatic hydroxyl groups is 1. The Hall–Kier alpha value is -1.36. The van der Waals surface area contributed by atoms with Crippen molar-refractivity contribution in [1.29, 1.82) is 0 Å². The Bertz CT molecular complexity index is 552. The van der Waals surface area contributed by atoms with E-state index in [9.17, 15) is 14.7 Å². The van der Waals surface area contributed by atoms with Crippen LogP contribution in [0.2, 0.25) is 0 Å². The topological polar surface area (TPSA) is 69.6 Å². The zero-order valence-electron chi connectivity index (χ0n) is 16.8. The lowest BCUT2D eigenvalue weighted by atomic mass is 9.81. The van der Waals surface area contributed by atoms with E-state index in [1.165, 1.54) is 12.8 Å². The Kier molecular flexibility index (Phi) is 6.96. The number of likely N-dealkylation sites (tertiary alicyclic amines) is 1. The molecule has 2 fully saturated rings. The molecule has 3 aliphatic rings. The van der Waals surface area contributed by atoms with Gasteiger partial charge >= 0.3 is 0 Å². The minimum atomic E-state index is -0.0106. The highest BCUT2D eigenvalue weighted by Crippen LogP contribution is 2.44. The van der Waals surface area contributed by atoms with E-state index >= 15 is 0 Å². The lowest BCUT2D eigenvalue weighted by Crippen LogP contribution is -2.43. The monoisotopic (exact) mass is 376 g/mol. The number of nitrogens with zero attached hydrogens (tertiary/aromatic N) is 1. The molecule has 0 aromatic rings. The molecule has 1 saturated heterocycles. The van der Waals surface area contributed by atoms with Crippen LogP contribution < -0.4 is 5.32 Å². The van der Waals surface area contributed by atoms with Gasteiger partial charge in [-0.25, -0.2) is 0 Å². The van der Waals surface area contributed by atoms with Gasteiger partial charge in [-0.1, -0.05) is 25.5 Å². The molecule has 152 valence electrons. The van der Waals surface area contributed by atoms with Gasteiger partial charge < -0.3 is 15.3 Å². The number of amides is 2. The molecule has 0 aromatic carbocycles. The first-order valence-corrected chi connectivity index (χ1v) is 10.8. The van der Waals surface area contributed by atoms with Crippen molar-refractivity contribution in [3.63, 3.8) is 0 Å². The number of piperidine rings is 1. The molecular formula is C22H36N2O3. The number of carbonyl (C=O) groups is 2. The molecule has 2 amide bonds. The summed E-state index contributed by atoms with van der Waals surface area (Å²) < 4.78 is 0. The van der Waals surface area contributed by atoms with E-state index in [0.29, 0.717) is 24.7 Å². The molecule has 2 aliphatic carbocycles. The predicted octanol–water partition coefficient (Wildman–Crippen LogP) is 2.89. The SMILES string of the molecule is CC1(CO)CCN(C(=O)CCCCCNC(=O)CC2CC3C=CC2C3)CC1. The van der Waals surface area contributed by atoms with Gasteiger partial charge in [0.25, 0.3) is 0 Å². The maximum absolute atomic E-state index is 12.3. The van der Waals surface area contributed by atoms with Crippen LogP contribution >= 0.6 is 0 Å². The minimum Gasteiger partial charge on any atom is -0.396 e. The molecule has 27 heavy (non-hydrogen) atoms. The first-order valence-electron chi connectivity index (χ1n) is 10.8. The summed E-state index contributed by atoms with van der Waals surface area (Å²) in [6, 6.07) is 0. The van der Waals surface area contributed by atoms with Crippen LogP contribution in [0, 0.1) is 23.2 Å². The van der Waals surface area contributed by atoms with E-state index in [1.54, 1.807) is 0 Å². The van der Waals surface area contributed by atoms with Crippen molar-refractivity contribution in [2.24, 2.45) is 23.2 Å². The second kappa shape index (κ2) is 9.22. The quantitative estimate of drug-likeness (QED) is 0.480. The van der Waals surface area contributed by atoms with Gasteiger partial charge in [0.15, 0.2) is 0 Å². The lowest BCUT2D eigenvalue weighted by Gasteiger charge is -2.38. The van der Waals surface area contributed by atoms with E-state index in [4.69, 9.17) is 0 Å². The third kappa shape index (κ3) is 5.56. The molecule has 1 heterocycles. The summed E-state index contributed by atoms with van der Waals surface area (Å²) in [6.45, 7) is 4.56. The fourth-order valence-electron chi connectivity index (χ4n) is 4.86. The Morgan fingerprint density at radius 3 is 2.56 bits per heavy atom. The molecule has 2 bridgehead atoms. The van der Waals surface area contributed by atoms with E-state index in [-0.39, 0.29) is 23.8 Å². The number of nitrogens with one attached hydrogen (secondary N) is 1. The standard InChI is InChI=1S/C22H36N2O3/c1-22(16-25)8-11-24(12-9-22)21(27)5-3-2-4-10-23-20(26)15-19-14-17-6-7-18(19)13-17/h6-7,17-19,25H,2-5,8-16H2,1H3,(H,23,26). The predicted molar refractivity (Wildman–Crippen MR) is 106 cm³/mol. The number of rotatable bonds is 9. The smallest absolute Gasteiger partial charge is 0.222 e. The van der Waals surface area contributed by atoms with Gasteiger partial charge in [0, 0.05) is 39.1 Å². The molecule has 5 heteroatoms. The van der Waals surface area contributed by atoms with Gasteiger partial charge in [-0.05, 0) is 61.7 Å². The van der Waals surface area contributed by atoms with Crippen molar-refractivity contribution >= 4 is 11.8 Å². The first kappa shape index (κ1) is 20.4. The zero-order chi connectivity index (χ0) is 19.3. The summed E-state index contributed by atoms with van der Waals surface area (Å²) >= 11 is 0. The second-order valence-electron chi connectivity index (χ2n) is 9.25. The number of hydrogen-bond acceptors (Lipinski definition) is 3. The summed E-state index contributed by atoms with van der Waals surface area (Å²) in [4.78, 5) is 26.3. The van der Waals surface area contributed by atoms with E-state index in [0.717, 1.165) is 57.7 Å². The van der Waals surface area contributed by atoms with Crippen LogP contribution in [0.25, 0.3) is 0 Å². The van der Waals surface area contributed by atoms with Gasteiger partial charge in [0.05, 0.1) is 0 Å². The fraction of sp³-hybridized carbons (Fsp3) is 0.818. The van der Waals surface area contributed by atoms with Crippen molar-refractivity contribution in [1.82, 2.24) is 10.2 Å². The summed E-state index contributed by atoms with van der Waals surface area (Å²) in [5.74, 6) is 2.34. The number of allylic oxidation sites excluding steroid dienone is 2. The maximum atomic E-state index is 12.3. The summed E-state index contributed by atoms with van der Waals surface area (Å²) in [6.07, 6.45) is 12.9. The Morgan fingerprint density at radius 1 is 1.15 bits per heavy atom. The molecule has 0 radical (unpaired) electrons. The van der Waals surface area contributed by atoms with Crippen LogP contribution in [0.5, 0.6) is 0 Å². The normalized spacial score (nSPS) is 28.5. The van der Waals surface area contributed by atoms with Crippen LogP contribution in [0.4, 0.5) is 0 Å². The molecule has 1 aliphatic heterocycles. The molecule has 1 saturated carbocycles. The van der Waals surface area contributed by atoms with Crippen molar-refractivity contribution in [2.75, 3.05) is 26.2 Å². The number of carbonyl (C=O) groups excluding carboxylic acids is 2. The number of hydrogen-bond donors (Lipinski definition) is 2. The Labute approximate surface area is 163 Å². The van der Waals surface area contributed by atoms with Crippen molar-refractivity contribution in [3.05, 3.63) is 12.2 Å². The van der Waals surface area contributed by atoms with Crippen LogP contribution in [0.15, 0.2) is 12.2 Å².